The first kappa shape index (κ1) is 24.3. The van der Waals surface area contributed by atoms with Crippen LogP contribution in [0, 0.1) is 5.41 Å². The standard InChI is InChI=1S/C15H27NO9S/c1-11(17)16-7-5-9-26(22,23)25-10-14(3,4)15(21,13(19)20)6-8-24-12(2)18/h21H,5-10H2,1-4H3,(H,16,17)(H,19,20)/t15-/m0/s1. The monoisotopic (exact) mass is 397 g/mol. The number of carbonyl (C=O) groups excluding carboxylic acids is 2. The minimum absolute atomic E-state index is 0.123. The predicted molar refractivity (Wildman–Crippen MR) is 90.7 cm³/mol. The van der Waals surface area contributed by atoms with Crippen LogP contribution in [-0.4, -0.2) is 67.6 Å². The fourth-order valence-corrected chi connectivity index (χ4v) is 3.10. The van der Waals surface area contributed by atoms with E-state index >= 15 is 0 Å². The molecule has 0 fully saturated rings. The quantitative estimate of drug-likeness (QED) is 0.227. The van der Waals surface area contributed by atoms with Crippen LogP contribution in [0.3, 0.4) is 0 Å². The molecule has 0 aliphatic heterocycles. The second-order valence-electron chi connectivity index (χ2n) is 6.50. The predicted octanol–water partition coefficient (Wildman–Crippen LogP) is -0.346. The first-order valence-electron chi connectivity index (χ1n) is 7.94. The van der Waals surface area contributed by atoms with Gasteiger partial charge < -0.3 is 20.3 Å². The molecule has 10 nitrogen and oxygen atoms in total. The van der Waals surface area contributed by atoms with Crippen molar-refractivity contribution in [1.82, 2.24) is 5.32 Å². The Balaban J connectivity index is 4.85. The summed E-state index contributed by atoms with van der Waals surface area (Å²) >= 11 is 0. The molecular weight excluding hydrogens is 370 g/mol. The van der Waals surface area contributed by atoms with Crippen molar-refractivity contribution >= 4 is 28.0 Å². The van der Waals surface area contributed by atoms with E-state index in [2.05, 4.69) is 10.1 Å². The van der Waals surface area contributed by atoms with Crippen molar-refractivity contribution in [2.75, 3.05) is 25.5 Å². The van der Waals surface area contributed by atoms with Crippen LogP contribution in [0.2, 0.25) is 0 Å². The van der Waals surface area contributed by atoms with Crippen molar-refractivity contribution in [1.29, 1.82) is 0 Å². The molecule has 3 N–H and O–H groups in total. The van der Waals surface area contributed by atoms with Crippen molar-refractivity contribution < 1.29 is 41.9 Å². The van der Waals surface area contributed by atoms with Gasteiger partial charge in [-0.15, -0.1) is 0 Å². The summed E-state index contributed by atoms with van der Waals surface area (Å²) in [7, 11) is -3.97. The lowest BCUT2D eigenvalue weighted by molar-refractivity contribution is -0.180. The van der Waals surface area contributed by atoms with Crippen molar-refractivity contribution in [3.05, 3.63) is 0 Å². The molecule has 0 aliphatic carbocycles. The fourth-order valence-electron chi connectivity index (χ4n) is 2.01. The Morgan fingerprint density at radius 1 is 1.15 bits per heavy atom. The lowest BCUT2D eigenvalue weighted by atomic mass is 9.73. The number of carboxylic acid groups (broad SMARTS) is 1. The number of aliphatic hydroxyl groups is 1. The number of nitrogens with one attached hydrogen (secondary N) is 1. The van der Waals surface area contributed by atoms with Crippen LogP contribution in [0.15, 0.2) is 0 Å². The van der Waals surface area contributed by atoms with Gasteiger partial charge in [-0.05, 0) is 6.42 Å². The van der Waals surface area contributed by atoms with Gasteiger partial charge in [-0.2, -0.15) is 8.42 Å². The summed E-state index contributed by atoms with van der Waals surface area (Å²) in [5.74, 6) is -2.87. The Morgan fingerprint density at radius 2 is 1.73 bits per heavy atom. The molecule has 0 aliphatic rings. The zero-order chi connectivity index (χ0) is 20.6. The van der Waals surface area contributed by atoms with E-state index < -0.39 is 46.1 Å². The lowest BCUT2D eigenvalue weighted by Crippen LogP contribution is -2.54. The number of hydrogen-bond acceptors (Lipinski definition) is 8. The molecule has 0 aromatic heterocycles. The van der Waals surface area contributed by atoms with Gasteiger partial charge >= 0.3 is 11.9 Å². The SMILES string of the molecule is CC(=O)NCCCS(=O)(=O)OCC(C)(C)[C@](O)(CCOC(C)=O)C(=O)O. The fraction of sp³-hybridized carbons (Fsp3) is 0.800. The first-order valence-corrected chi connectivity index (χ1v) is 9.52. The number of ether oxygens (including phenoxy) is 1. The van der Waals surface area contributed by atoms with E-state index in [1.807, 2.05) is 0 Å². The van der Waals surface area contributed by atoms with Crippen LogP contribution in [0.25, 0.3) is 0 Å². The van der Waals surface area contributed by atoms with E-state index in [0.29, 0.717) is 0 Å². The highest BCUT2D eigenvalue weighted by Gasteiger charge is 2.50. The lowest BCUT2D eigenvalue weighted by Gasteiger charge is -2.38. The van der Waals surface area contributed by atoms with Gasteiger partial charge in [0.25, 0.3) is 10.1 Å². The molecule has 0 bridgehead atoms. The zero-order valence-electron chi connectivity index (χ0n) is 15.4. The summed E-state index contributed by atoms with van der Waals surface area (Å²) in [4.78, 5) is 33.0. The molecular formula is C15H27NO9S. The van der Waals surface area contributed by atoms with Gasteiger partial charge in [-0.1, -0.05) is 13.8 Å². The molecule has 11 heteroatoms. The summed E-state index contributed by atoms with van der Waals surface area (Å²) in [5, 5.41) is 22.3. The molecule has 0 unspecified atom stereocenters. The highest BCUT2D eigenvalue weighted by molar-refractivity contribution is 7.86. The average Bonchev–Trinajstić information content (AvgIpc) is 2.49. The highest BCUT2D eigenvalue weighted by atomic mass is 32.2. The molecule has 0 saturated carbocycles. The largest absolute Gasteiger partial charge is 0.479 e. The van der Waals surface area contributed by atoms with Crippen molar-refractivity contribution in [2.24, 2.45) is 5.41 Å². The summed E-state index contributed by atoms with van der Waals surface area (Å²) < 4.78 is 33.3. The van der Waals surface area contributed by atoms with Gasteiger partial charge in [0.15, 0.2) is 5.60 Å². The molecule has 0 aromatic carbocycles. The van der Waals surface area contributed by atoms with Gasteiger partial charge in [-0.25, -0.2) is 4.79 Å². The van der Waals surface area contributed by atoms with Gasteiger partial charge in [0.2, 0.25) is 5.91 Å². The van der Waals surface area contributed by atoms with Crippen LogP contribution in [0.5, 0.6) is 0 Å². The Morgan fingerprint density at radius 3 is 2.19 bits per heavy atom. The number of carboxylic acids is 1. The van der Waals surface area contributed by atoms with E-state index in [9.17, 15) is 33.0 Å². The number of hydrogen-bond donors (Lipinski definition) is 3. The molecule has 0 radical (unpaired) electrons. The number of aliphatic carboxylic acids is 1. The molecule has 26 heavy (non-hydrogen) atoms. The second kappa shape index (κ2) is 9.83. The molecule has 0 spiro atoms. The minimum atomic E-state index is -3.97. The maximum atomic E-state index is 11.9. The number of rotatable bonds is 12. The molecule has 1 atom stereocenters. The molecule has 0 aromatic rings. The number of esters is 1. The molecule has 152 valence electrons. The van der Waals surface area contributed by atoms with Crippen molar-refractivity contribution in [3.8, 4) is 0 Å². The third kappa shape index (κ3) is 8.11. The normalized spacial score (nSPS) is 14.3. The molecule has 1 amide bonds. The first-order chi connectivity index (χ1) is 11.7. The summed E-state index contributed by atoms with van der Waals surface area (Å²) in [6, 6.07) is 0. The Labute approximate surface area is 153 Å². The highest BCUT2D eigenvalue weighted by Crippen LogP contribution is 2.35. The maximum Gasteiger partial charge on any atom is 0.336 e. The summed E-state index contributed by atoms with van der Waals surface area (Å²) in [6.45, 7) is 4.34. The Kier molecular flexibility index (Phi) is 9.18. The third-order valence-electron chi connectivity index (χ3n) is 3.79. The van der Waals surface area contributed by atoms with Crippen LogP contribution in [0.1, 0.15) is 40.5 Å². The van der Waals surface area contributed by atoms with Crippen LogP contribution in [-0.2, 0) is 33.4 Å². The van der Waals surface area contributed by atoms with Crippen LogP contribution >= 0.6 is 0 Å². The van der Waals surface area contributed by atoms with Gasteiger partial charge in [0.1, 0.15) is 0 Å². The van der Waals surface area contributed by atoms with Crippen LogP contribution < -0.4 is 5.32 Å². The number of amides is 1. The topological polar surface area (TPSA) is 156 Å². The zero-order valence-corrected chi connectivity index (χ0v) is 16.2. The molecule has 0 rings (SSSR count). The minimum Gasteiger partial charge on any atom is -0.479 e. The van der Waals surface area contributed by atoms with Gasteiger partial charge in [-0.3, -0.25) is 13.8 Å². The number of carbonyl (C=O) groups is 3. The van der Waals surface area contributed by atoms with Crippen molar-refractivity contribution in [2.45, 2.75) is 46.1 Å². The van der Waals surface area contributed by atoms with E-state index in [0.717, 1.165) is 6.92 Å². The van der Waals surface area contributed by atoms with Crippen molar-refractivity contribution in [3.63, 3.8) is 0 Å². The summed E-state index contributed by atoms with van der Waals surface area (Å²) in [5.41, 5.74) is -3.86. The molecule has 0 saturated heterocycles. The maximum absolute atomic E-state index is 11.9. The Hall–Kier alpha value is -1.72. The summed E-state index contributed by atoms with van der Waals surface area (Å²) in [6.07, 6.45) is -0.307. The van der Waals surface area contributed by atoms with Crippen LogP contribution in [0.4, 0.5) is 0 Å². The molecule has 0 heterocycles. The van der Waals surface area contributed by atoms with Gasteiger partial charge in [0, 0.05) is 32.2 Å². The Bertz CT molecular complexity index is 615. The van der Waals surface area contributed by atoms with E-state index in [1.54, 1.807) is 0 Å². The van der Waals surface area contributed by atoms with Gasteiger partial charge in [0.05, 0.1) is 19.0 Å². The average molecular weight is 397 g/mol. The second-order valence-corrected chi connectivity index (χ2v) is 8.26. The smallest absolute Gasteiger partial charge is 0.336 e. The third-order valence-corrected chi connectivity index (χ3v) is 5.05. The van der Waals surface area contributed by atoms with E-state index in [-0.39, 0.29) is 31.2 Å². The van der Waals surface area contributed by atoms with E-state index in [4.69, 9.17) is 4.18 Å². The van der Waals surface area contributed by atoms with E-state index in [1.165, 1.54) is 20.8 Å².